The number of nitrogens with zero attached hydrogens (tertiary/aromatic N) is 1. The van der Waals surface area contributed by atoms with Gasteiger partial charge in [-0.15, -0.1) is 0 Å². The Morgan fingerprint density at radius 1 is 1.14 bits per heavy atom. The van der Waals surface area contributed by atoms with Gasteiger partial charge in [-0.05, 0) is 18.9 Å². The summed E-state index contributed by atoms with van der Waals surface area (Å²) in [5, 5.41) is 2.82. The van der Waals surface area contributed by atoms with Crippen LogP contribution in [0.25, 0.3) is 0 Å². The van der Waals surface area contributed by atoms with E-state index in [4.69, 9.17) is 4.74 Å². The number of ether oxygens (including phenoxy) is 1. The van der Waals surface area contributed by atoms with Crippen LogP contribution in [0.5, 0.6) is 0 Å². The van der Waals surface area contributed by atoms with E-state index in [1.165, 1.54) is 25.7 Å². The smallest absolute Gasteiger partial charge is 0.412 e. The second kappa shape index (κ2) is 5.02. The summed E-state index contributed by atoms with van der Waals surface area (Å²) in [6.07, 6.45) is 6.93. The lowest BCUT2D eigenvalue weighted by Gasteiger charge is -2.45. The number of likely N-dealkylation sites (tertiary alicyclic amines) is 1. The predicted octanol–water partition coefficient (Wildman–Crippen LogP) is 3.48. The highest BCUT2D eigenvalue weighted by molar-refractivity contribution is 5.88. The van der Waals surface area contributed by atoms with E-state index < -0.39 is 5.60 Å². The van der Waals surface area contributed by atoms with Gasteiger partial charge >= 0.3 is 6.09 Å². The minimum atomic E-state index is -0.409. The molecule has 1 aliphatic carbocycles. The fourth-order valence-electron chi connectivity index (χ4n) is 4.25. The average Bonchev–Trinajstić information content (AvgIpc) is 3.02. The lowest BCUT2D eigenvalue weighted by Crippen LogP contribution is -2.50. The van der Waals surface area contributed by atoms with Gasteiger partial charge < -0.3 is 9.64 Å². The Bertz CT molecular complexity index is 543. The minimum absolute atomic E-state index is 0.303. The molecule has 4 heteroatoms. The molecule has 0 atom stereocenters. The van der Waals surface area contributed by atoms with Crippen LogP contribution in [0.3, 0.4) is 0 Å². The first kappa shape index (κ1) is 13.1. The molecule has 1 aromatic carbocycles. The first-order valence-electron chi connectivity index (χ1n) is 8.10. The molecule has 1 amide bonds. The highest BCUT2D eigenvalue weighted by Crippen LogP contribution is 2.44. The normalized spacial score (nSPS) is 25.4. The molecule has 1 saturated carbocycles. The first-order valence-corrected chi connectivity index (χ1v) is 8.10. The number of amides is 1. The van der Waals surface area contributed by atoms with E-state index in [2.05, 4.69) is 16.3 Å². The number of nitrogens with one attached hydrogen (secondary N) is 1. The molecule has 4 rings (SSSR count). The van der Waals surface area contributed by atoms with Gasteiger partial charge in [0.2, 0.25) is 0 Å². The Hall–Kier alpha value is -1.55. The topological polar surface area (TPSA) is 41.6 Å². The molecule has 21 heavy (non-hydrogen) atoms. The highest BCUT2D eigenvalue weighted by atomic mass is 16.6. The van der Waals surface area contributed by atoms with E-state index in [-0.39, 0.29) is 6.09 Å². The third-order valence-electron chi connectivity index (χ3n) is 5.39. The van der Waals surface area contributed by atoms with Crippen LogP contribution in [-0.4, -0.2) is 30.1 Å². The van der Waals surface area contributed by atoms with Crippen molar-refractivity contribution in [2.45, 2.75) is 50.2 Å². The maximum absolute atomic E-state index is 11.9. The van der Waals surface area contributed by atoms with Crippen LogP contribution in [0.15, 0.2) is 24.3 Å². The van der Waals surface area contributed by atoms with Gasteiger partial charge in [0.15, 0.2) is 0 Å². The molecular weight excluding hydrogens is 264 g/mol. The third kappa shape index (κ3) is 2.22. The zero-order valence-corrected chi connectivity index (χ0v) is 12.3. The zero-order valence-electron chi connectivity index (χ0n) is 12.3. The number of anilines is 1. The van der Waals surface area contributed by atoms with Crippen LogP contribution in [0, 0.1) is 0 Å². The molecule has 0 aromatic heterocycles. The Kier molecular flexibility index (Phi) is 3.14. The van der Waals surface area contributed by atoms with Gasteiger partial charge in [0.1, 0.15) is 5.60 Å². The van der Waals surface area contributed by atoms with Gasteiger partial charge in [-0.1, -0.05) is 31.0 Å². The largest absolute Gasteiger partial charge is 0.438 e. The number of hydrogen-bond acceptors (Lipinski definition) is 3. The van der Waals surface area contributed by atoms with Gasteiger partial charge in [-0.25, -0.2) is 4.79 Å². The zero-order chi connectivity index (χ0) is 14.3. The van der Waals surface area contributed by atoms with Crippen LogP contribution < -0.4 is 5.32 Å². The summed E-state index contributed by atoms with van der Waals surface area (Å²) in [6.45, 7) is 2.07. The molecule has 0 unspecified atom stereocenters. The molecule has 3 aliphatic rings. The molecule has 1 spiro atoms. The number of carbonyl (C=O) groups excluding carboxylic acids is 1. The number of fused-ring (bicyclic) bond motifs is 2. The fraction of sp³-hybridized carbons (Fsp3) is 0.588. The van der Waals surface area contributed by atoms with Crippen LogP contribution in [0.4, 0.5) is 10.5 Å². The Balaban J connectivity index is 1.57. The minimum Gasteiger partial charge on any atom is -0.438 e. The molecule has 112 valence electrons. The van der Waals surface area contributed by atoms with E-state index in [1.54, 1.807) is 0 Å². The number of para-hydroxylation sites is 1. The van der Waals surface area contributed by atoms with Crippen LogP contribution in [0.1, 0.15) is 44.1 Å². The highest BCUT2D eigenvalue weighted by Gasteiger charge is 2.45. The van der Waals surface area contributed by atoms with E-state index >= 15 is 0 Å². The summed E-state index contributed by atoms with van der Waals surface area (Å²) >= 11 is 0. The van der Waals surface area contributed by atoms with Crippen molar-refractivity contribution < 1.29 is 9.53 Å². The maximum atomic E-state index is 11.9. The lowest BCUT2D eigenvalue weighted by atomic mass is 9.82. The van der Waals surface area contributed by atoms with Gasteiger partial charge in [0, 0.05) is 37.5 Å². The maximum Gasteiger partial charge on any atom is 0.412 e. The Morgan fingerprint density at radius 2 is 1.86 bits per heavy atom. The Labute approximate surface area is 125 Å². The Morgan fingerprint density at radius 3 is 2.62 bits per heavy atom. The van der Waals surface area contributed by atoms with E-state index in [1.807, 2.05) is 18.2 Å². The third-order valence-corrected chi connectivity index (χ3v) is 5.39. The van der Waals surface area contributed by atoms with Gasteiger partial charge in [-0.3, -0.25) is 5.32 Å². The summed E-state index contributed by atoms with van der Waals surface area (Å²) in [6, 6.07) is 8.83. The lowest BCUT2D eigenvalue weighted by molar-refractivity contribution is -0.0452. The number of piperidine rings is 1. The first-order chi connectivity index (χ1) is 10.3. The van der Waals surface area contributed by atoms with Gasteiger partial charge in [-0.2, -0.15) is 0 Å². The SMILES string of the molecule is O=C1Nc2ccccc2C2(CCN(C3CCCC3)CC2)O1. The summed E-state index contributed by atoms with van der Waals surface area (Å²) in [7, 11) is 0. The summed E-state index contributed by atoms with van der Waals surface area (Å²) < 4.78 is 5.78. The van der Waals surface area contributed by atoms with E-state index in [9.17, 15) is 4.79 Å². The van der Waals surface area contributed by atoms with Crippen molar-refractivity contribution in [3.05, 3.63) is 29.8 Å². The predicted molar refractivity (Wildman–Crippen MR) is 81.3 cm³/mol. The van der Waals surface area contributed by atoms with Gasteiger partial charge in [0.05, 0.1) is 5.69 Å². The number of rotatable bonds is 1. The van der Waals surface area contributed by atoms with Crippen LogP contribution in [0.2, 0.25) is 0 Å². The molecule has 2 aliphatic heterocycles. The number of carbonyl (C=O) groups is 1. The molecule has 2 heterocycles. The summed E-state index contributed by atoms with van der Waals surface area (Å²) in [5.74, 6) is 0. The molecule has 1 N–H and O–H groups in total. The molecule has 4 nitrogen and oxygen atoms in total. The quantitative estimate of drug-likeness (QED) is 0.859. The fourth-order valence-corrected chi connectivity index (χ4v) is 4.25. The van der Waals surface area contributed by atoms with Crippen molar-refractivity contribution in [1.29, 1.82) is 0 Å². The molecule has 1 saturated heterocycles. The molecule has 1 aromatic rings. The van der Waals surface area contributed by atoms with Crippen molar-refractivity contribution >= 4 is 11.8 Å². The number of benzene rings is 1. The second-order valence-electron chi connectivity index (χ2n) is 6.53. The molecule has 0 bridgehead atoms. The summed E-state index contributed by atoms with van der Waals surface area (Å²) in [4.78, 5) is 14.5. The van der Waals surface area contributed by atoms with Crippen molar-refractivity contribution in [2.75, 3.05) is 18.4 Å². The second-order valence-corrected chi connectivity index (χ2v) is 6.53. The molecule has 2 fully saturated rings. The van der Waals surface area contributed by atoms with Crippen LogP contribution in [-0.2, 0) is 10.3 Å². The average molecular weight is 286 g/mol. The van der Waals surface area contributed by atoms with Crippen LogP contribution >= 0.6 is 0 Å². The van der Waals surface area contributed by atoms with Crippen molar-refractivity contribution in [3.63, 3.8) is 0 Å². The van der Waals surface area contributed by atoms with Crippen molar-refractivity contribution in [1.82, 2.24) is 4.90 Å². The standard InChI is InChI=1S/C17H22N2O2/c20-16-18-15-8-4-3-7-14(15)17(21-16)9-11-19(12-10-17)13-5-1-2-6-13/h3-4,7-8,13H,1-2,5-6,9-12H2,(H,18,20). The monoisotopic (exact) mass is 286 g/mol. The van der Waals surface area contributed by atoms with Gasteiger partial charge in [0.25, 0.3) is 0 Å². The number of hydrogen-bond donors (Lipinski definition) is 1. The van der Waals surface area contributed by atoms with Crippen molar-refractivity contribution in [2.24, 2.45) is 0 Å². The van der Waals surface area contributed by atoms with E-state index in [0.29, 0.717) is 0 Å². The van der Waals surface area contributed by atoms with E-state index in [0.717, 1.165) is 43.2 Å². The molecule has 0 radical (unpaired) electrons. The summed E-state index contributed by atoms with van der Waals surface area (Å²) in [5.41, 5.74) is 1.66. The van der Waals surface area contributed by atoms with Crippen molar-refractivity contribution in [3.8, 4) is 0 Å². The molecular formula is C17H22N2O2.